The number of carbonyl (C=O) groups is 6. The van der Waals surface area contributed by atoms with E-state index in [1.165, 1.54) is 0 Å². The minimum absolute atomic E-state index is 0.0380. The lowest BCUT2D eigenvalue weighted by Crippen LogP contribution is -2.16. The van der Waals surface area contributed by atoms with Crippen molar-refractivity contribution in [1.29, 1.82) is 0 Å². The molecule has 0 bridgehead atoms. The first-order valence-corrected chi connectivity index (χ1v) is 37.3. The molecule has 0 saturated carbocycles. The Bertz CT molecular complexity index is 4050. The minimum Gasteiger partial charge on any atom is -0.493 e. The molecule has 0 aliphatic rings. The molecule has 0 aromatic heterocycles. The van der Waals surface area contributed by atoms with Gasteiger partial charge in [0, 0.05) is 65.6 Å². The largest absolute Gasteiger partial charge is 0.493 e. The predicted molar refractivity (Wildman–Crippen MR) is 421 cm³/mol. The van der Waals surface area contributed by atoms with Crippen LogP contribution < -0.4 is 9.47 Å². The van der Waals surface area contributed by atoms with E-state index in [-0.39, 0.29) is 95.3 Å². The standard InChI is InChI=1S/C90H110O17/c1-13-69-52-73(71-34-30-66(31-35-71)22-15-44-102-85(94)60(3)4)38-40-81(69)79-54-75(24-17-46-104-87(96)62(7)8)83(100-50-21-43-91)76(55-79)26-19-48-106-89(98)64(11)28-29-65(12)90(99)107-49-20-27-78-57-80(56-77(25-18-47-105-88(97)63(9)10)84(78)101-51-42-68(58-92)59-93)82-41-39-74(53-70(82)14-2)72-36-32-67(33-37-72)23-16-45-103-86(95)61(5)6/h30-41,52-57,68,91-93H,3,5,7,9,11-29,42-51,58-59H2,1-2,4,6,8,10H3. The van der Waals surface area contributed by atoms with Crippen molar-refractivity contribution in [3.8, 4) is 56.0 Å². The van der Waals surface area contributed by atoms with Crippen LogP contribution in [-0.2, 0) is 109 Å². The molecule has 0 aliphatic carbocycles. The summed E-state index contributed by atoms with van der Waals surface area (Å²) < 4.78 is 46.2. The van der Waals surface area contributed by atoms with Gasteiger partial charge in [-0.05, 0) is 250 Å². The molecule has 6 aromatic rings. The van der Waals surface area contributed by atoms with Crippen LogP contribution in [0.4, 0.5) is 0 Å². The zero-order valence-electron chi connectivity index (χ0n) is 63.8. The molecular weight excluding hydrogens is 1350 g/mol. The Morgan fingerprint density at radius 3 is 0.925 bits per heavy atom. The van der Waals surface area contributed by atoms with Gasteiger partial charge < -0.3 is 53.2 Å². The lowest BCUT2D eigenvalue weighted by atomic mass is 9.89. The molecule has 17 heteroatoms. The van der Waals surface area contributed by atoms with Crippen LogP contribution in [0.3, 0.4) is 0 Å². The summed E-state index contributed by atoms with van der Waals surface area (Å²) in [6, 6.07) is 38.1. The van der Waals surface area contributed by atoms with Gasteiger partial charge in [0.25, 0.3) is 0 Å². The number of esters is 6. The Morgan fingerprint density at radius 1 is 0.336 bits per heavy atom. The summed E-state index contributed by atoms with van der Waals surface area (Å²) in [5.41, 5.74) is 17.9. The molecule has 0 aliphatic heterocycles. The summed E-state index contributed by atoms with van der Waals surface area (Å²) in [4.78, 5) is 75.5. The number of hydrogen-bond donors (Lipinski definition) is 3. The maximum absolute atomic E-state index is 13.6. The van der Waals surface area contributed by atoms with E-state index in [0.29, 0.717) is 124 Å². The van der Waals surface area contributed by atoms with Gasteiger partial charge in [-0.15, -0.1) is 0 Å². The molecule has 107 heavy (non-hydrogen) atoms. The number of aryl methyl sites for hydroxylation is 8. The SMILES string of the molecule is C=C(C)C(=O)OCCCc1ccc(-c2ccc(-c3cc(CCCOC(=O)C(=C)C)c(OCCCO)c(CCCOC(=O)C(=C)CCC(=C)C(=O)OCCCc4cc(-c5ccc(-c6ccc(CCCOC(=O)C(=C)C)cc6)cc5CC)cc(CCCOC(=O)C(=C)C)c4OCCC(CO)CO)c3)c(CC)c2)cc1. The van der Waals surface area contributed by atoms with Crippen LogP contribution in [0.5, 0.6) is 11.5 Å². The maximum atomic E-state index is 13.6. The van der Waals surface area contributed by atoms with Gasteiger partial charge in [0.05, 0.1) is 52.9 Å². The number of benzene rings is 6. The predicted octanol–water partition coefficient (Wildman–Crippen LogP) is 16.4. The highest BCUT2D eigenvalue weighted by Gasteiger charge is 2.22. The monoisotopic (exact) mass is 1460 g/mol. The van der Waals surface area contributed by atoms with Crippen LogP contribution in [-0.4, -0.2) is 124 Å². The summed E-state index contributed by atoms with van der Waals surface area (Å²) in [7, 11) is 0. The van der Waals surface area contributed by atoms with E-state index in [0.717, 1.165) is 115 Å². The van der Waals surface area contributed by atoms with Gasteiger partial charge >= 0.3 is 35.8 Å². The highest BCUT2D eigenvalue weighted by atomic mass is 16.6. The second-order valence-electron chi connectivity index (χ2n) is 27.2. The van der Waals surface area contributed by atoms with Crippen LogP contribution in [0.2, 0.25) is 0 Å². The highest BCUT2D eigenvalue weighted by Crippen LogP contribution is 2.39. The van der Waals surface area contributed by atoms with E-state index in [1.807, 2.05) is 0 Å². The number of aliphatic hydroxyl groups is 3. The van der Waals surface area contributed by atoms with Gasteiger partial charge in [-0.3, -0.25) is 0 Å². The molecule has 6 aromatic carbocycles. The molecule has 572 valence electrons. The molecule has 0 unspecified atom stereocenters. The Morgan fingerprint density at radius 2 is 0.626 bits per heavy atom. The third kappa shape index (κ3) is 28.1. The van der Waals surface area contributed by atoms with E-state index in [1.54, 1.807) is 27.7 Å². The van der Waals surface area contributed by atoms with E-state index in [2.05, 4.69) is 163 Å². The van der Waals surface area contributed by atoms with Crippen LogP contribution >= 0.6 is 0 Å². The molecule has 0 atom stereocenters. The Balaban J connectivity index is 1.12. The Kier molecular flexibility index (Phi) is 36.6. The maximum Gasteiger partial charge on any atom is 0.333 e. The highest BCUT2D eigenvalue weighted by molar-refractivity contribution is 5.91. The second kappa shape index (κ2) is 45.5. The Hall–Kier alpha value is -9.94. The molecule has 0 fully saturated rings. The van der Waals surface area contributed by atoms with Crippen LogP contribution in [0.1, 0.15) is 150 Å². The average Bonchev–Trinajstić information content (AvgIpc) is 0.794. The fourth-order valence-electron chi connectivity index (χ4n) is 12.0. The summed E-state index contributed by atoms with van der Waals surface area (Å²) in [5.74, 6) is -2.03. The fourth-order valence-corrected chi connectivity index (χ4v) is 12.0. The topological polar surface area (TPSA) is 237 Å². The van der Waals surface area contributed by atoms with Crippen molar-refractivity contribution in [3.05, 3.63) is 227 Å². The zero-order chi connectivity index (χ0) is 77.8. The number of hydrogen-bond acceptors (Lipinski definition) is 17. The Labute approximate surface area is 633 Å². The summed E-state index contributed by atoms with van der Waals surface area (Å²) in [5, 5.41) is 29.6. The van der Waals surface area contributed by atoms with E-state index in [4.69, 9.17) is 37.9 Å². The normalized spacial score (nSPS) is 11.0. The molecule has 0 saturated heterocycles. The van der Waals surface area contributed by atoms with Gasteiger partial charge in [-0.2, -0.15) is 0 Å². The summed E-state index contributed by atoms with van der Waals surface area (Å²) >= 11 is 0. The van der Waals surface area contributed by atoms with E-state index in [9.17, 15) is 44.1 Å². The average molecular weight is 1460 g/mol. The molecule has 0 spiro atoms. The molecule has 0 heterocycles. The smallest absolute Gasteiger partial charge is 0.333 e. The third-order valence-corrected chi connectivity index (χ3v) is 18.2. The zero-order valence-corrected chi connectivity index (χ0v) is 63.8. The molecule has 0 amide bonds. The minimum atomic E-state index is -0.613. The van der Waals surface area contributed by atoms with Gasteiger partial charge in [-0.25, -0.2) is 28.8 Å². The summed E-state index contributed by atoms with van der Waals surface area (Å²) in [6.45, 7) is 34.5. The van der Waals surface area contributed by atoms with Crippen molar-refractivity contribution in [2.45, 2.75) is 157 Å². The third-order valence-electron chi connectivity index (χ3n) is 18.2. The number of rotatable bonds is 49. The summed E-state index contributed by atoms with van der Waals surface area (Å²) in [6.07, 6.45) is 9.06. The van der Waals surface area contributed by atoms with Gasteiger partial charge in [0.15, 0.2) is 0 Å². The lowest BCUT2D eigenvalue weighted by Gasteiger charge is -2.21. The van der Waals surface area contributed by atoms with Gasteiger partial charge in [0.1, 0.15) is 11.5 Å². The number of carbonyl (C=O) groups excluding carboxylic acids is 6. The van der Waals surface area contributed by atoms with Gasteiger partial charge in [-0.1, -0.05) is 138 Å². The molecule has 17 nitrogen and oxygen atoms in total. The fraction of sp³-hybridized carbons (Fsp3) is 0.400. The van der Waals surface area contributed by atoms with Crippen LogP contribution in [0.25, 0.3) is 44.5 Å². The van der Waals surface area contributed by atoms with Crippen molar-refractivity contribution in [1.82, 2.24) is 0 Å². The number of ether oxygens (including phenoxy) is 8. The van der Waals surface area contributed by atoms with Crippen molar-refractivity contribution >= 4 is 35.8 Å². The van der Waals surface area contributed by atoms with Crippen LogP contribution in [0, 0.1) is 5.92 Å². The van der Waals surface area contributed by atoms with Crippen molar-refractivity contribution < 1.29 is 82.0 Å². The molecule has 0 radical (unpaired) electrons. The molecule has 3 N–H and O–H groups in total. The van der Waals surface area contributed by atoms with Gasteiger partial charge in [0.2, 0.25) is 0 Å². The quantitative estimate of drug-likeness (QED) is 0.0139. The second-order valence-corrected chi connectivity index (χ2v) is 27.2. The molecular formula is C90H110O17. The van der Waals surface area contributed by atoms with E-state index < -0.39 is 29.8 Å². The van der Waals surface area contributed by atoms with E-state index >= 15 is 0 Å². The first kappa shape index (κ1) is 86.0. The van der Waals surface area contributed by atoms with Crippen LogP contribution in [0.15, 0.2) is 182 Å². The lowest BCUT2D eigenvalue weighted by molar-refractivity contribution is -0.140. The van der Waals surface area contributed by atoms with Crippen molar-refractivity contribution in [3.63, 3.8) is 0 Å². The first-order chi connectivity index (χ1) is 51.5. The van der Waals surface area contributed by atoms with Crippen molar-refractivity contribution in [2.75, 3.05) is 72.7 Å². The molecule has 6 rings (SSSR count). The number of aliphatic hydroxyl groups excluding tert-OH is 3. The van der Waals surface area contributed by atoms with Crippen molar-refractivity contribution in [2.24, 2.45) is 5.92 Å². The first-order valence-electron chi connectivity index (χ1n) is 37.3.